The van der Waals surface area contributed by atoms with Gasteiger partial charge in [0.05, 0.1) is 16.2 Å². The molecule has 0 aliphatic carbocycles. The summed E-state index contributed by atoms with van der Waals surface area (Å²) < 4.78 is 0. The molecule has 188 valence electrons. The summed E-state index contributed by atoms with van der Waals surface area (Å²) >= 11 is 0. The quantitative estimate of drug-likeness (QED) is 0.120. The number of nitrogens with zero attached hydrogens (tertiary/aromatic N) is 4. The van der Waals surface area contributed by atoms with Gasteiger partial charge in [0.1, 0.15) is 0 Å². The van der Waals surface area contributed by atoms with Crippen LogP contribution in [0, 0.1) is 10.1 Å². The van der Waals surface area contributed by atoms with Crippen LogP contribution in [0.15, 0.2) is 89.2 Å². The lowest BCUT2D eigenvalue weighted by Crippen LogP contribution is -2.22. The summed E-state index contributed by atoms with van der Waals surface area (Å²) in [6.07, 6.45) is 1.62. The maximum Gasteiger partial charge on any atom is 0.270 e. The molecule has 1 heterocycles. The second-order valence-corrected chi connectivity index (χ2v) is 7.76. The first-order chi connectivity index (χ1) is 17.3. The van der Waals surface area contributed by atoms with E-state index in [-0.39, 0.29) is 30.0 Å². The summed E-state index contributed by atoms with van der Waals surface area (Å²) in [5.41, 5.74) is 15.1. The van der Waals surface area contributed by atoms with Gasteiger partial charge in [-0.3, -0.25) is 19.9 Å². The fraction of sp³-hybridized carbons (Fsp3) is 0.0400. The monoisotopic (exact) mass is 518 g/mol. The second-order valence-electron chi connectivity index (χ2n) is 7.76. The van der Waals surface area contributed by atoms with E-state index in [2.05, 4.69) is 25.8 Å². The molecule has 0 saturated heterocycles. The van der Waals surface area contributed by atoms with Crippen LogP contribution >= 0.6 is 12.4 Å². The molecule has 37 heavy (non-hydrogen) atoms. The summed E-state index contributed by atoms with van der Waals surface area (Å²) in [5, 5.41) is 25.4. The Labute approximate surface area is 217 Å². The number of non-ortho nitro benzene ring substituents is 1. The molecule has 0 bridgehead atoms. The van der Waals surface area contributed by atoms with Crippen molar-refractivity contribution in [2.45, 2.75) is 6.92 Å². The molecule has 3 aromatic carbocycles. The number of hydrogen-bond acceptors (Lipinski definition) is 7. The lowest BCUT2D eigenvalue weighted by molar-refractivity contribution is -0.384. The summed E-state index contributed by atoms with van der Waals surface area (Å²) in [6, 6.07) is 20.2. The highest BCUT2D eigenvalue weighted by Gasteiger charge is 2.11. The highest BCUT2D eigenvalue weighted by atomic mass is 35.5. The van der Waals surface area contributed by atoms with Crippen molar-refractivity contribution in [3.63, 3.8) is 0 Å². The molecule has 0 aliphatic heterocycles. The highest BCUT2D eigenvalue weighted by Crippen LogP contribution is 2.28. The second kappa shape index (κ2) is 11.6. The Morgan fingerprint density at radius 1 is 0.919 bits per heavy atom. The third kappa shape index (κ3) is 6.55. The van der Waals surface area contributed by atoms with Gasteiger partial charge >= 0.3 is 0 Å². The topological polar surface area (TPSA) is 174 Å². The van der Waals surface area contributed by atoms with Crippen LogP contribution < -0.4 is 22.1 Å². The van der Waals surface area contributed by atoms with Gasteiger partial charge in [-0.25, -0.2) is 0 Å². The number of halogens is 1. The fourth-order valence-electron chi connectivity index (χ4n) is 3.41. The number of nitro groups is 1. The molecule has 1 aromatic heterocycles. The van der Waals surface area contributed by atoms with Gasteiger partial charge in [0.25, 0.3) is 11.6 Å². The van der Waals surface area contributed by atoms with Crippen LogP contribution in [0.4, 0.5) is 22.7 Å². The van der Waals surface area contributed by atoms with Crippen LogP contribution in [0.25, 0.3) is 10.9 Å². The van der Waals surface area contributed by atoms with Gasteiger partial charge in [0.2, 0.25) is 5.96 Å². The number of guanidine groups is 1. The molecular formula is C25H23ClN8O3. The number of aromatic nitrogens is 1. The summed E-state index contributed by atoms with van der Waals surface area (Å²) in [5.74, 6) is -0.400. The van der Waals surface area contributed by atoms with Gasteiger partial charge in [-0.05, 0) is 61.0 Å². The number of rotatable bonds is 7. The van der Waals surface area contributed by atoms with E-state index in [0.717, 1.165) is 5.56 Å². The molecule has 0 fully saturated rings. The van der Waals surface area contributed by atoms with Crippen LogP contribution in [0.5, 0.6) is 0 Å². The number of carbonyl (C=O) groups excluding carboxylic acids is 1. The first-order valence-electron chi connectivity index (χ1n) is 10.8. The number of anilines is 3. The third-order valence-electron chi connectivity index (χ3n) is 5.24. The number of hydrogen-bond donors (Lipinski definition) is 4. The molecule has 1 amide bonds. The van der Waals surface area contributed by atoms with E-state index >= 15 is 0 Å². The number of nitro benzene ring substituents is 1. The van der Waals surface area contributed by atoms with E-state index in [9.17, 15) is 14.9 Å². The van der Waals surface area contributed by atoms with Crippen LogP contribution in [0.3, 0.4) is 0 Å². The first-order valence-corrected chi connectivity index (χ1v) is 10.8. The molecule has 0 saturated carbocycles. The Hall–Kier alpha value is -5.03. The minimum atomic E-state index is -0.446. The number of nitrogens with one attached hydrogen (secondary N) is 2. The lowest BCUT2D eigenvalue weighted by Gasteiger charge is -2.11. The first kappa shape index (κ1) is 26.6. The van der Waals surface area contributed by atoms with Crippen molar-refractivity contribution in [2.24, 2.45) is 21.7 Å². The smallest absolute Gasteiger partial charge is 0.270 e. The van der Waals surface area contributed by atoms with Crippen molar-refractivity contribution in [3.8, 4) is 0 Å². The molecule has 4 rings (SSSR count). The standard InChI is InChI=1S/C25H22N8O3.ClH/c1-15(31-32-25(26)27)16-2-6-19(7-3-16)30-24(34)17-4-8-18(9-5-17)29-23-12-13-28-22-11-10-20(33(35)36)14-21(22)23;/h2-14H,1H3,(H,28,29)(H,30,34)(H4,26,27,32);1H/b31-15+;. The fourth-order valence-corrected chi connectivity index (χ4v) is 3.41. The van der Waals surface area contributed by atoms with Crippen LogP contribution in [-0.2, 0) is 0 Å². The lowest BCUT2D eigenvalue weighted by atomic mass is 10.1. The number of carbonyl (C=O) groups is 1. The van der Waals surface area contributed by atoms with Crippen molar-refractivity contribution in [1.29, 1.82) is 0 Å². The maximum atomic E-state index is 12.7. The van der Waals surface area contributed by atoms with E-state index in [4.69, 9.17) is 11.5 Å². The average Bonchev–Trinajstić information content (AvgIpc) is 2.88. The minimum Gasteiger partial charge on any atom is -0.369 e. The molecule has 11 nitrogen and oxygen atoms in total. The van der Waals surface area contributed by atoms with Crippen molar-refractivity contribution in [3.05, 3.63) is 100 Å². The van der Waals surface area contributed by atoms with E-state index in [1.165, 1.54) is 12.1 Å². The zero-order valence-corrected chi connectivity index (χ0v) is 20.4. The zero-order chi connectivity index (χ0) is 25.7. The highest BCUT2D eigenvalue weighted by molar-refractivity contribution is 6.05. The van der Waals surface area contributed by atoms with Crippen LogP contribution in [-0.4, -0.2) is 27.5 Å². The molecule has 0 spiro atoms. The Bertz CT molecular complexity index is 1500. The van der Waals surface area contributed by atoms with E-state index in [1.807, 2.05) is 0 Å². The van der Waals surface area contributed by atoms with Gasteiger partial charge in [0, 0.05) is 46.3 Å². The average molecular weight is 519 g/mol. The van der Waals surface area contributed by atoms with Crippen molar-refractivity contribution < 1.29 is 9.72 Å². The molecule has 12 heteroatoms. The molecule has 6 N–H and O–H groups in total. The van der Waals surface area contributed by atoms with Gasteiger partial charge in [-0.1, -0.05) is 12.1 Å². The number of benzene rings is 3. The molecule has 0 radical (unpaired) electrons. The summed E-state index contributed by atoms with van der Waals surface area (Å²) in [6.45, 7) is 1.77. The van der Waals surface area contributed by atoms with Gasteiger partial charge in [-0.2, -0.15) is 5.10 Å². The maximum absolute atomic E-state index is 12.7. The van der Waals surface area contributed by atoms with E-state index in [1.54, 1.807) is 73.8 Å². The van der Waals surface area contributed by atoms with Crippen molar-refractivity contribution in [2.75, 3.05) is 10.6 Å². The summed E-state index contributed by atoms with van der Waals surface area (Å²) in [4.78, 5) is 27.6. The van der Waals surface area contributed by atoms with Crippen molar-refractivity contribution >= 4 is 63.6 Å². The molecule has 4 aromatic rings. The Kier molecular flexibility index (Phi) is 8.33. The predicted octanol–water partition coefficient (Wildman–Crippen LogP) is 4.56. The van der Waals surface area contributed by atoms with Gasteiger partial charge in [-0.15, -0.1) is 17.5 Å². The molecule has 0 aliphatic rings. The third-order valence-corrected chi connectivity index (χ3v) is 5.24. The Morgan fingerprint density at radius 2 is 1.57 bits per heavy atom. The molecule has 0 unspecified atom stereocenters. The minimum absolute atomic E-state index is 0. The zero-order valence-electron chi connectivity index (χ0n) is 19.6. The Morgan fingerprint density at radius 3 is 2.22 bits per heavy atom. The van der Waals surface area contributed by atoms with Gasteiger partial charge in [0.15, 0.2) is 0 Å². The molecule has 0 atom stereocenters. The number of amides is 1. The molecular weight excluding hydrogens is 496 g/mol. The van der Waals surface area contributed by atoms with E-state index < -0.39 is 4.92 Å². The van der Waals surface area contributed by atoms with Crippen LogP contribution in [0.2, 0.25) is 0 Å². The van der Waals surface area contributed by atoms with Crippen LogP contribution in [0.1, 0.15) is 22.8 Å². The SMILES string of the molecule is C/C(=N\N=C(N)N)c1ccc(NC(=O)c2ccc(Nc3ccnc4ccc([N+](=O)[O-])cc34)cc2)cc1.Cl. The van der Waals surface area contributed by atoms with Gasteiger partial charge < -0.3 is 22.1 Å². The number of nitrogens with two attached hydrogens (primary N) is 2. The predicted molar refractivity (Wildman–Crippen MR) is 148 cm³/mol. The number of pyridine rings is 1. The largest absolute Gasteiger partial charge is 0.369 e. The normalized spacial score (nSPS) is 10.8. The number of fused-ring (bicyclic) bond motifs is 1. The summed E-state index contributed by atoms with van der Waals surface area (Å²) in [7, 11) is 0. The Balaban J connectivity index is 0.00000380. The van der Waals surface area contributed by atoms with E-state index in [0.29, 0.717) is 39.2 Å². The van der Waals surface area contributed by atoms with Crippen molar-refractivity contribution in [1.82, 2.24) is 4.98 Å².